The van der Waals surface area contributed by atoms with Gasteiger partial charge in [0.05, 0.1) is 22.5 Å². The molecule has 0 bridgehead atoms. The number of carbonyl (C=O) groups excluding carboxylic acids is 1. The van der Waals surface area contributed by atoms with Crippen molar-refractivity contribution in [2.75, 3.05) is 0 Å². The molecule has 2 aromatic rings. The normalized spacial score (nSPS) is 19.8. The second-order valence-electron chi connectivity index (χ2n) is 6.80. The number of benzene rings is 2. The Balaban J connectivity index is 1.55. The van der Waals surface area contributed by atoms with Crippen molar-refractivity contribution >= 4 is 16.1 Å². The molecular weight excluding hydrogens is 409 g/mol. The van der Waals surface area contributed by atoms with Crippen LogP contribution in [-0.4, -0.2) is 20.5 Å². The van der Waals surface area contributed by atoms with Crippen LogP contribution in [0.5, 0.6) is 0 Å². The van der Waals surface area contributed by atoms with Gasteiger partial charge in [-0.15, -0.1) is 0 Å². The van der Waals surface area contributed by atoms with Crippen LogP contribution in [0.3, 0.4) is 0 Å². The summed E-state index contributed by atoms with van der Waals surface area (Å²) in [5.74, 6) is -0.904. The minimum atomic E-state index is -4.55. The Morgan fingerprint density at radius 2 is 1.66 bits per heavy atom. The van der Waals surface area contributed by atoms with Crippen LogP contribution in [0.25, 0.3) is 0 Å². The van der Waals surface area contributed by atoms with E-state index in [0.717, 1.165) is 17.7 Å². The van der Waals surface area contributed by atoms with Gasteiger partial charge >= 0.3 is 12.1 Å². The maximum Gasteiger partial charge on any atom is 0.416 e. The first kappa shape index (κ1) is 21.3. The minimum absolute atomic E-state index is 0.131. The lowest BCUT2D eigenvalue weighted by Crippen LogP contribution is -2.19. The zero-order chi connectivity index (χ0) is 21.1. The molecule has 1 saturated carbocycles. The number of hydrogen-bond acceptors (Lipinski definition) is 5. The zero-order valence-electron chi connectivity index (χ0n) is 15.3. The molecule has 0 heterocycles. The van der Waals surface area contributed by atoms with Crippen molar-refractivity contribution in [2.45, 2.75) is 43.0 Å². The van der Waals surface area contributed by atoms with Gasteiger partial charge in [-0.25, -0.2) is 0 Å². The van der Waals surface area contributed by atoms with Crippen LogP contribution >= 0.6 is 0 Å². The van der Waals surface area contributed by atoms with Crippen LogP contribution in [0, 0.1) is 5.92 Å². The highest BCUT2D eigenvalue weighted by Crippen LogP contribution is 2.33. The molecule has 0 amide bonds. The van der Waals surface area contributed by atoms with E-state index in [1.165, 1.54) is 0 Å². The summed E-state index contributed by atoms with van der Waals surface area (Å²) in [7, 11) is -4.23. The third-order valence-corrected chi connectivity index (χ3v) is 6.05. The number of ether oxygens (including phenoxy) is 1. The Morgan fingerprint density at radius 3 is 2.28 bits per heavy atom. The van der Waals surface area contributed by atoms with Crippen LogP contribution in [0.2, 0.25) is 0 Å². The van der Waals surface area contributed by atoms with Gasteiger partial charge in [0.15, 0.2) is 0 Å². The van der Waals surface area contributed by atoms with Crippen LogP contribution in [0.1, 0.15) is 30.4 Å². The summed E-state index contributed by atoms with van der Waals surface area (Å²) in [6.07, 6.45) is -4.35. The van der Waals surface area contributed by atoms with Crippen LogP contribution < -0.4 is 0 Å². The lowest BCUT2D eigenvalue weighted by Gasteiger charge is -2.13. The van der Waals surface area contributed by atoms with Gasteiger partial charge in [0.1, 0.15) is 6.61 Å². The lowest BCUT2D eigenvalue weighted by atomic mass is 10.1. The first-order chi connectivity index (χ1) is 13.6. The predicted octanol–water partition coefficient (Wildman–Crippen LogP) is 4.32. The Kier molecular flexibility index (Phi) is 6.28. The first-order valence-electron chi connectivity index (χ1n) is 8.96. The number of rotatable bonds is 6. The molecule has 0 radical (unpaired) electrons. The largest absolute Gasteiger partial charge is 0.461 e. The molecule has 1 aliphatic carbocycles. The van der Waals surface area contributed by atoms with E-state index in [0.29, 0.717) is 25.0 Å². The highest BCUT2D eigenvalue weighted by atomic mass is 32.2. The fourth-order valence-electron chi connectivity index (χ4n) is 3.13. The van der Waals surface area contributed by atoms with Crippen molar-refractivity contribution in [3.63, 3.8) is 0 Å². The standard InChI is InChI=1S/C20H19F3O5S/c21-20(22,23)16-7-10-18(11-8-16)29(25,26)28-17-9-6-15(12-17)19(24)27-13-14-4-2-1-3-5-14/h1-5,7-8,10-11,15,17H,6,9,12-13H2/t15-,17-/m1/s1. The quantitative estimate of drug-likeness (QED) is 0.506. The van der Waals surface area contributed by atoms with Gasteiger partial charge in [0.25, 0.3) is 10.1 Å². The van der Waals surface area contributed by atoms with E-state index in [1.807, 2.05) is 30.3 Å². The van der Waals surface area contributed by atoms with E-state index in [-0.39, 0.29) is 17.9 Å². The van der Waals surface area contributed by atoms with Crippen LogP contribution in [0.4, 0.5) is 13.2 Å². The Morgan fingerprint density at radius 1 is 1.00 bits per heavy atom. The predicted molar refractivity (Wildman–Crippen MR) is 97.1 cm³/mol. The summed E-state index contributed by atoms with van der Waals surface area (Å²) < 4.78 is 72.9. The Labute approximate surface area is 166 Å². The second kappa shape index (κ2) is 8.54. The van der Waals surface area contributed by atoms with Crippen molar-refractivity contribution in [3.8, 4) is 0 Å². The molecule has 1 fully saturated rings. The van der Waals surface area contributed by atoms with Crippen molar-refractivity contribution in [3.05, 3.63) is 65.7 Å². The number of esters is 1. The smallest absolute Gasteiger partial charge is 0.416 e. The third-order valence-electron chi connectivity index (χ3n) is 4.67. The van der Waals surface area contributed by atoms with Crippen molar-refractivity contribution in [1.82, 2.24) is 0 Å². The Bertz CT molecular complexity index is 940. The lowest BCUT2D eigenvalue weighted by molar-refractivity contribution is -0.149. The molecular formula is C20H19F3O5S. The maximum atomic E-state index is 12.6. The molecule has 2 atom stereocenters. The molecule has 0 N–H and O–H groups in total. The molecule has 0 saturated heterocycles. The van der Waals surface area contributed by atoms with Gasteiger partial charge in [-0.2, -0.15) is 21.6 Å². The summed E-state index contributed by atoms with van der Waals surface area (Å²) in [6, 6.07) is 12.3. The number of alkyl halides is 3. The molecule has 29 heavy (non-hydrogen) atoms. The van der Waals surface area contributed by atoms with E-state index < -0.39 is 39.8 Å². The topological polar surface area (TPSA) is 69.7 Å². The van der Waals surface area contributed by atoms with E-state index in [9.17, 15) is 26.4 Å². The highest BCUT2D eigenvalue weighted by molar-refractivity contribution is 7.86. The molecule has 3 rings (SSSR count). The van der Waals surface area contributed by atoms with Crippen molar-refractivity contribution in [2.24, 2.45) is 5.92 Å². The third kappa shape index (κ3) is 5.57. The number of carbonyl (C=O) groups is 1. The van der Waals surface area contributed by atoms with Gasteiger partial charge in [-0.3, -0.25) is 8.98 Å². The van der Waals surface area contributed by atoms with Gasteiger partial charge < -0.3 is 4.74 Å². The van der Waals surface area contributed by atoms with Crippen molar-refractivity contribution < 1.29 is 35.3 Å². The SMILES string of the molecule is O=C(OCc1ccccc1)[C@@H]1CC[C@@H](OS(=O)(=O)c2ccc(C(F)(F)F)cc2)C1. The monoisotopic (exact) mass is 428 g/mol. The highest BCUT2D eigenvalue weighted by Gasteiger charge is 2.35. The van der Waals surface area contributed by atoms with Crippen LogP contribution in [0.15, 0.2) is 59.5 Å². The summed E-state index contributed by atoms with van der Waals surface area (Å²) in [6.45, 7) is 0.131. The molecule has 1 aliphatic rings. The zero-order valence-corrected chi connectivity index (χ0v) is 16.1. The molecule has 0 aromatic heterocycles. The average molecular weight is 428 g/mol. The number of hydrogen-bond donors (Lipinski definition) is 0. The fraction of sp³-hybridized carbons (Fsp3) is 0.350. The molecule has 156 valence electrons. The van der Waals surface area contributed by atoms with Gasteiger partial charge in [-0.05, 0) is 49.1 Å². The summed E-state index contributed by atoms with van der Waals surface area (Å²) >= 11 is 0. The average Bonchev–Trinajstić information content (AvgIpc) is 3.14. The summed E-state index contributed by atoms with van der Waals surface area (Å²) in [5, 5.41) is 0. The maximum absolute atomic E-state index is 12.6. The van der Waals surface area contributed by atoms with E-state index in [2.05, 4.69) is 0 Å². The molecule has 0 aliphatic heterocycles. The molecule has 0 unspecified atom stereocenters. The number of halogens is 3. The first-order valence-corrected chi connectivity index (χ1v) is 10.4. The van der Waals surface area contributed by atoms with Gasteiger partial charge in [-0.1, -0.05) is 30.3 Å². The summed E-state index contributed by atoms with van der Waals surface area (Å²) in [5.41, 5.74) is -0.102. The van der Waals surface area contributed by atoms with Gasteiger partial charge in [0.2, 0.25) is 0 Å². The van der Waals surface area contributed by atoms with Crippen molar-refractivity contribution in [1.29, 1.82) is 0 Å². The van der Waals surface area contributed by atoms with E-state index in [1.54, 1.807) is 0 Å². The molecule has 2 aromatic carbocycles. The van der Waals surface area contributed by atoms with Crippen LogP contribution in [-0.2, 0) is 36.6 Å². The Hall–Kier alpha value is -2.39. The summed E-state index contributed by atoms with van der Waals surface area (Å²) in [4.78, 5) is 11.8. The van der Waals surface area contributed by atoms with Gasteiger partial charge in [0, 0.05) is 0 Å². The second-order valence-corrected chi connectivity index (χ2v) is 8.37. The van der Waals surface area contributed by atoms with E-state index in [4.69, 9.17) is 8.92 Å². The molecule has 9 heteroatoms. The molecule has 5 nitrogen and oxygen atoms in total. The van der Waals surface area contributed by atoms with E-state index >= 15 is 0 Å². The minimum Gasteiger partial charge on any atom is -0.461 e. The fourth-order valence-corrected chi connectivity index (χ4v) is 4.25. The molecule has 0 spiro atoms.